The van der Waals surface area contributed by atoms with Crippen molar-refractivity contribution in [1.29, 1.82) is 0 Å². The molecule has 0 radical (unpaired) electrons. The van der Waals surface area contributed by atoms with E-state index in [9.17, 15) is 19.5 Å². The average molecular weight is 356 g/mol. The molecule has 0 aliphatic rings. The molecule has 1 heterocycles. The highest BCUT2D eigenvalue weighted by Crippen LogP contribution is 2.17. The number of aromatic nitrogens is 3. The van der Waals surface area contributed by atoms with E-state index in [1.165, 1.54) is 17.3 Å². The lowest BCUT2D eigenvalue weighted by atomic mass is 10.2. The Labute approximate surface area is 145 Å². The van der Waals surface area contributed by atoms with Crippen molar-refractivity contribution in [2.24, 2.45) is 0 Å². The van der Waals surface area contributed by atoms with Crippen LogP contribution >= 0.6 is 0 Å². The van der Waals surface area contributed by atoms with Gasteiger partial charge < -0.3 is 14.6 Å². The SMILES string of the molecule is CC(C)(C)OC(=O)N(C(=O)OC(C)(C)C)[C@@H](Cn1cncn1)C(=O)O. The second-order valence-electron chi connectivity index (χ2n) is 7.30. The number of nitrogens with zero attached hydrogens (tertiary/aromatic N) is 4. The van der Waals surface area contributed by atoms with Gasteiger partial charge in [-0.2, -0.15) is 10.00 Å². The third kappa shape index (κ3) is 6.77. The number of ether oxygens (including phenoxy) is 2. The van der Waals surface area contributed by atoms with E-state index in [0.29, 0.717) is 4.90 Å². The lowest BCUT2D eigenvalue weighted by molar-refractivity contribution is -0.143. The maximum absolute atomic E-state index is 12.5. The molecule has 10 heteroatoms. The largest absolute Gasteiger partial charge is 0.480 e. The molecule has 0 aliphatic heterocycles. The number of amides is 2. The summed E-state index contributed by atoms with van der Waals surface area (Å²) >= 11 is 0. The van der Waals surface area contributed by atoms with Gasteiger partial charge in [0, 0.05) is 0 Å². The minimum absolute atomic E-state index is 0.298. The molecule has 0 saturated heterocycles. The van der Waals surface area contributed by atoms with E-state index in [2.05, 4.69) is 10.1 Å². The van der Waals surface area contributed by atoms with Crippen LogP contribution < -0.4 is 0 Å². The molecule has 0 aromatic carbocycles. The average Bonchev–Trinajstić information content (AvgIpc) is 2.86. The standard InChI is InChI=1S/C15H24N4O6/c1-14(2,3)24-12(22)19(13(23)25-15(4,5)6)10(11(20)21)7-18-9-16-8-17-18/h8-10H,7H2,1-6H3,(H,20,21)/t10-/m0/s1. The number of carbonyl (C=O) groups is 3. The Morgan fingerprint density at radius 1 is 1.08 bits per heavy atom. The maximum Gasteiger partial charge on any atom is 0.420 e. The van der Waals surface area contributed by atoms with Crippen LogP contribution in [0.2, 0.25) is 0 Å². The van der Waals surface area contributed by atoms with Crippen LogP contribution in [0.5, 0.6) is 0 Å². The summed E-state index contributed by atoms with van der Waals surface area (Å²) in [6, 6.07) is -1.58. The molecule has 140 valence electrons. The van der Waals surface area contributed by atoms with Gasteiger partial charge in [-0.1, -0.05) is 0 Å². The van der Waals surface area contributed by atoms with E-state index >= 15 is 0 Å². The predicted molar refractivity (Wildman–Crippen MR) is 85.8 cm³/mol. The van der Waals surface area contributed by atoms with Crippen LogP contribution in [0.1, 0.15) is 41.5 Å². The van der Waals surface area contributed by atoms with Gasteiger partial charge in [-0.05, 0) is 41.5 Å². The molecule has 0 fully saturated rings. The normalized spacial score (nSPS) is 13.0. The molecule has 25 heavy (non-hydrogen) atoms. The molecule has 0 bridgehead atoms. The Kier molecular flexibility index (Phi) is 6.11. The molecule has 0 spiro atoms. The molecule has 2 amide bonds. The van der Waals surface area contributed by atoms with Crippen LogP contribution in [0, 0.1) is 0 Å². The van der Waals surface area contributed by atoms with Gasteiger partial charge in [0.2, 0.25) is 0 Å². The minimum Gasteiger partial charge on any atom is -0.480 e. The van der Waals surface area contributed by atoms with Gasteiger partial charge in [0.25, 0.3) is 0 Å². The van der Waals surface area contributed by atoms with Crippen molar-refractivity contribution in [3.63, 3.8) is 0 Å². The second kappa shape index (κ2) is 7.49. The molecule has 1 rings (SSSR count). The molecule has 0 saturated carbocycles. The molecule has 0 aliphatic carbocycles. The number of rotatable bonds is 4. The number of imide groups is 1. The fourth-order valence-electron chi connectivity index (χ4n) is 1.73. The lowest BCUT2D eigenvalue weighted by Gasteiger charge is -2.31. The van der Waals surface area contributed by atoms with E-state index in [4.69, 9.17) is 9.47 Å². The van der Waals surface area contributed by atoms with Crippen molar-refractivity contribution in [2.45, 2.75) is 65.3 Å². The number of carboxylic acid groups (broad SMARTS) is 1. The first-order valence-electron chi connectivity index (χ1n) is 7.60. The van der Waals surface area contributed by atoms with Gasteiger partial charge in [-0.3, -0.25) is 4.68 Å². The van der Waals surface area contributed by atoms with Gasteiger partial charge in [-0.15, -0.1) is 0 Å². The lowest BCUT2D eigenvalue weighted by Crippen LogP contribution is -2.53. The van der Waals surface area contributed by atoms with E-state index in [-0.39, 0.29) is 6.54 Å². The van der Waals surface area contributed by atoms with Gasteiger partial charge in [0.15, 0.2) is 6.04 Å². The Hall–Kier alpha value is -2.65. The summed E-state index contributed by atoms with van der Waals surface area (Å²) < 4.78 is 11.5. The molecule has 1 N–H and O–H groups in total. The quantitative estimate of drug-likeness (QED) is 0.867. The van der Waals surface area contributed by atoms with Crippen molar-refractivity contribution in [2.75, 3.05) is 0 Å². The van der Waals surface area contributed by atoms with Crippen molar-refractivity contribution in [3.8, 4) is 0 Å². The predicted octanol–water partition coefficient (Wildman–Crippen LogP) is 1.90. The van der Waals surface area contributed by atoms with Crippen LogP contribution in [0.4, 0.5) is 9.59 Å². The number of hydrogen-bond acceptors (Lipinski definition) is 7. The summed E-state index contributed by atoms with van der Waals surface area (Å²) in [5.41, 5.74) is -1.85. The third-order valence-corrected chi connectivity index (χ3v) is 2.60. The van der Waals surface area contributed by atoms with Gasteiger partial charge in [-0.25, -0.2) is 19.4 Å². The summed E-state index contributed by atoms with van der Waals surface area (Å²) in [4.78, 5) is 40.8. The molecule has 1 aromatic rings. The first kappa shape index (κ1) is 20.4. The van der Waals surface area contributed by atoms with E-state index in [1.54, 1.807) is 41.5 Å². The fraction of sp³-hybridized carbons (Fsp3) is 0.667. The highest BCUT2D eigenvalue weighted by atomic mass is 16.6. The molecule has 0 unspecified atom stereocenters. The van der Waals surface area contributed by atoms with Crippen molar-refractivity contribution in [3.05, 3.63) is 12.7 Å². The summed E-state index contributed by atoms with van der Waals surface area (Å²) in [7, 11) is 0. The van der Waals surface area contributed by atoms with Crippen LogP contribution in [-0.2, 0) is 20.8 Å². The number of carbonyl (C=O) groups excluding carboxylic acids is 2. The second-order valence-corrected chi connectivity index (χ2v) is 7.30. The number of hydrogen-bond donors (Lipinski definition) is 1. The van der Waals surface area contributed by atoms with Crippen LogP contribution in [-0.4, -0.2) is 60.2 Å². The summed E-state index contributed by atoms with van der Waals surface area (Å²) in [6.07, 6.45) is 0.256. The van der Waals surface area contributed by atoms with Crippen molar-refractivity contribution < 1.29 is 29.0 Å². The zero-order valence-electron chi connectivity index (χ0n) is 15.2. The van der Waals surface area contributed by atoms with Gasteiger partial charge in [0.05, 0.1) is 6.54 Å². The minimum atomic E-state index is -1.58. The topological polar surface area (TPSA) is 124 Å². The Balaban J connectivity index is 3.18. The highest BCUT2D eigenvalue weighted by molar-refractivity contribution is 5.93. The van der Waals surface area contributed by atoms with Crippen LogP contribution in [0.3, 0.4) is 0 Å². The van der Waals surface area contributed by atoms with E-state index in [1.807, 2.05) is 0 Å². The monoisotopic (exact) mass is 356 g/mol. The zero-order chi connectivity index (χ0) is 19.4. The molecule has 10 nitrogen and oxygen atoms in total. The summed E-state index contributed by atoms with van der Waals surface area (Å²) in [6.45, 7) is 9.32. The van der Waals surface area contributed by atoms with Crippen molar-refractivity contribution in [1.82, 2.24) is 19.7 Å². The van der Waals surface area contributed by atoms with E-state index in [0.717, 1.165) is 0 Å². The van der Waals surface area contributed by atoms with Crippen molar-refractivity contribution >= 4 is 18.2 Å². The Morgan fingerprint density at radius 3 is 1.88 bits per heavy atom. The first-order valence-corrected chi connectivity index (χ1v) is 7.60. The summed E-state index contributed by atoms with van der Waals surface area (Å²) in [5, 5.41) is 13.3. The number of aliphatic carboxylic acids is 1. The molecular formula is C15H24N4O6. The fourth-order valence-corrected chi connectivity index (χ4v) is 1.73. The molecule has 1 atom stereocenters. The maximum atomic E-state index is 12.5. The Bertz CT molecular complexity index is 587. The van der Waals surface area contributed by atoms with Gasteiger partial charge in [0.1, 0.15) is 23.9 Å². The smallest absolute Gasteiger partial charge is 0.420 e. The van der Waals surface area contributed by atoms with Gasteiger partial charge >= 0.3 is 18.2 Å². The zero-order valence-corrected chi connectivity index (χ0v) is 15.2. The van der Waals surface area contributed by atoms with Crippen LogP contribution in [0.15, 0.2) is 12.7 Å². The molecule has 1 aromatic heterocycles. The number of carboxylic acids is 1. The highest BCUT2D eigenvalue weighted by Gasteiger charge is 2.40. The Morgan fingerprint density at radius 2 is 1.56 bits per heavy atom. The van der Waals surface area contributed by atoms with Crippen LogP contribution in [0.25, 0.3) is 0 Å². The third-order valence-electron chi connectivity index (χ3n) is 2.60. The molecular weight excluding hydrogens is 332 g/mol. The first-order chi connectivity index (χ1) is 11.3. The van der Waals surface area contributed by atoms with E-state index < -0.39 is 35.4 Å². The summed E-state index contributed by atoms with van der Waals surface area (Å²) in [5.74, 6) is -1.41.